The van der Waals surface area contributed by atoms with Crippen molar-refractivity contribution in [3.8, 4) is 0 Å². The van der Waals surface area contributed by atoms with Crippen LogP contribution in [0.5, 0.6) is 0 Å². The maximum absolute atomic E-state index is 9.46. The van der Waals surface area contributed by atoms with Gasteiger partial charge in [0.25, 0.3) is 0 Å². The maximum Gasteiger partial charge on any atom is 0.215 e. The van der Waals surface area contributed by atoms with Crippen molar-refractivity contribution in [1.82, 2.24) is 0 Å². The smallest absolute Gasteiger partial charge is 0.215 e. The molecule has 0 aliphatic carbocycles. The van der Waals surface area contributed by atoms with E-state index in [1.165, 1.54) is 6.92 Å². The standard InChI is InChI=1S/C2H3O2S/c1-2(3)5-4/h1H3. The van der Waals surface area contributed by atoms with E-state index in [9.17, 15) is 9.35 Å². The number of carbonyl (C=O) groups excluding carboxylic acids is 1. The monoisotopic (exact) mass is 91.0 g/mol. The van der Waals surface area contributed by atoms with Crippen LogP contribution in [0, 0.1) is 0 Å². The van der Waals surface area contributed by atoms with Crippen LogP contribution in [-0.2, 0) is 9.35 Å². The van der Waals surface area contributed by atoms with Crippen LogP contribution >= 0.6 is 12.0 Å². The molecule has 0 aromatic carbocycles. The quantitative estimate of drug-likeness (QED) is 0.409. The Morgan fingerprint density at radius 2 is 2.00 bits per heavy atom. The Labute approximate surface area is 34.4 Å². The van der Waals surface area contributed by atoms with E-state index in [1.54, 1.807) is 0 Å². The first-order valence-corrected chi connectivity index (χ1v) is 1.82. The van der Waals surface area contributed by atoms with Crippen molar-refractivity contribution in [2.75, 3.05) is 0 Å². The first-order chi connectivity index (χ1) is 2.27. The summed E-state index contributed by atoms with van der Waals surface area (Å²) >= 11 is -0.00926. The predicted molar refractivity (Wildman–Crippen MR) is 19.0 cm³/mol. The maximum atomic E-state index is 9.46. The van der Waals surface area contributed by atoms with E-state index in [-0.39, 0.29) is 17.2 Å². The summed E-state index contributed by atoms with van der Waals surface area (Å²) in [5, 5.41) is -0.384. The molecule has 0 fully saturated rings. The molecule has 1 radical (unpaired) electrons. The molecule has 0 saturated heterocycles. The third kappa shape index (κ3) is 3.98. The van der Waals surface area contributed by atoms with E-state index in [1.807, 2.05) is 0 Å². The lowest BCUT2D eigenvalue weighted by molar-refractivity contribution is -0.109. The fraction of sp³-hybridized carbons (Fsp3) is 0.500. The van der Waals surface area contributed by atoms with Gasteiger partial charge in [-0.15, -0.1) is 4.55 Å². The van der Waals surface area contributed by atoms with E-state index in [4.69, 9.17) is 0 Å². The van der Waals surface area contributed by atoms with Gasteiger partial charge in [-0.2, -0.15) is 0 Å². The number of hydrogen-bond donors (Lipinski definition) is 0. The topological polar surface area (TPSA) is 37.0 Å². The van der Waals surface area contributed by atoms with Crippen LogP contribution in [0.3, 0.4) is 0 Å². The molecule has 2 nitrogen and oxygen atoms in total. The van der Waals surface area contributed by atoms with Crippen LogP contribution < -0.4 is 0 Å². The van der Waals surface area contributed by atoms with Crippen molar-refractivity contribution in [1.29, 1.82) is 0 Å². The summed E-state index contributed by atoms with van der Waals surface area (Å²) in [5.41, 5.74) is 0. The minimum Gasteiger partial charge on any atom is -0.285 e. The van der Waals surface area contributed by atoms with Gasteiger partial charge < -0.3 is 0 Å². The molecule has 0 aromatic heterocycles. The van der Waals surface area contributed by atoms with E-state index in [2.05, 4.69) is 0 Å². The third-order valence-electron chi connectivity index (χ3n) is 0.117. The molecule has 0 spiro atoms. The van der Waals surface area contributed by atoms with Crippen LogP contribution in [0.15, 0.2) is 0 Å². The summed E-state index contributed by atoms with van der Waals surface area (Å²) in [6.45, 7) is 1.23. The van der Waals surface area contributed by atoms with Crippen molar-refractivity contribution in [3.63, 3.8) is 0 Å². The van der Waals surface area contributed by atoms with Gasteiger partial charge in [0.2, 0.25) is 5.12 Å². The lowest BCUT2D eigenvalue weighted by atomic mass is 10.9. The molecule has 0 heterocycles. The molecule has 29 valence electrons. The highest BCUT2D eigenvalue weighted by Crippen LogP contribution is 1.89. The van der Waals surface area contributed by atoms with Gasteiger partial charge in [-0.05, 0) is 0 Å². The van der Waals surface area contributed by atoms with Crippen molar-refractivity contribution in [3.05, 3.63) is 0 Å². The Balaban J connectivity index is 2.85. The first kappa shape index (κ1) is 4.98. The second-order valence-corrected chi connectivity index (χ2v) is 1.32. The molecular formula is C2H3O2S. The van der Waals surface area contributed by atoms with Gasteiger partial charge in [-0.25, -0.2) is 0 Å². The average molecular weight is 91.1 g/mol. The SMILES string of the molecule is CC(=O)S[O]. The second-order valence-electron chi connectivity index (χ2n) is 0.575. The van der Waals surface area contributed by atoms with Gasteiger partial charge >= 0.3 is 0 Å². The van der Waals surface area contributed by atoms with Crippen LogP contribution in [0.4, 0.5) is 0 Å². The zero-order valence-electron chi connectivity index (χ0n) is 2.72. The van der Waals surface area contributed by atoms with E-state index < -0.39 is 0 Å². The minimum absolute atomic E-state index is 0.00926. The number of rotatable bonds is 0. The fourth-order valence-corrected chi connectivity index (χ4v) is 0. The molecule has 5 heavy (non-hydrogen) atoms. The van der Waals surface area contributed by atoms with Crippen LogP contribution in [0.1, 0.15) is 6.92 Å². The molecule has 0 unspecified atom stereocenters. The fourth-order valence-electron chi connectivity index (χ4n) is 0. The van der Waals surface area contributed by atoms with Gasteiger partial charge in [-0.3, -0.25) is 4.79 Å². The van der Waals surface area contributed by atoms with Gasteiger partial charge in [0.05, 0.1) is 0 Å². The predicted octanol–water partition coefficient (Wildman–Crippen LogP) is 0.612. The van der Waals surface area contributed by atoms with Crippen LogP contribution in [0.2, 0.25) is 0 Å². The highest BCUT2D eigenvalue weighted by Gasteiger charge is 1.83. The zero-order valence-corrected chi connectivity index (χ0v) is 3.54. The molecule has 0 rings (SSSR count). The molecule has 0 aliphatic rings. The van der Waals surface area contributed by atoms with E-state index in [0.29, 0.717) is 0 Å². The molecule has 0 saturated carbocycles. The Bertz CT molecular complexity index is 42.9. The highest BCUT2D eigenvalue weighted by atomic mass is 32.2. The molecule has 0 atom stereocenters. The van der Waals surface area contributed by atoms with E-state index >= 15 is 0 Å². The van der Waals surface area contributed by atoms with Gasteiger partial charge in [0, 0.05) is 6.92 Å². The Morgan fingerprint density at radius 3 is 2.00 bits per heavy atom. The second kappa shape index (κ2) is 2.23. The van der Waals surface area contributed by atoms with Crippen LogP contribution in [-0.4, -0.2) is 5.12 Å². The number of carbonyl (C=O) groups is 1. The first-order valence-electron chi connectivity index (χ1n) is 1.07. The van der Waals surface area contributed by atoms with Gasteiger partial charge in [-0.1, -0.05) is 0 Å². The van der Waals surface area contributed by atoms with Crippen molar-refractivity contribution in [2.45, 2.75) is 6.92 Å². The number of hydrogen-bond acceptors (Lipinski definition) is 2. The largest absolute Gasteiger partial charge is 0.285 e. The molecule has 0 aromatic rings. The summed E-state index contributed by atoms with van der Waals surface area (Å²) in [6.07, 6.45) is 0. The summed E-state index contributed by atoms with van der Waals surface area (Å²) in [5.74, 6) is 0. The van der Waals surface area contributed by atoms with Gasteiger partial charge in [0.15, 0.2) is 0 Å². The third-order valence-corrected chi connectivity index (χ3v) is 0.352. The summed E-state index contributed by atoms with van der Waals surface area (Å²) in [4.78, 5) is 9.46. The molecule has 0 bridgehead atoms. The zero-order chi connectivity index (χ0) is 4.28. The summed E-state index contributed by atoms with van der Waals surface area (Å²) in [7, 11) is 0. The Kier molecular flexibility index (Phi) is 2.22. The summed E-state index contributed by atoms with van der Waals surface area (Å²) < 4.78 is 9.20. The van der Waals surface area contributed by atoms with Crippen LogP contribution in [0.25, 0.3) is 0 Å². The molecule has 3 heteroatoms. The molecule has 0 N–H and O–H groups in total. The molecule has 0 aliphatic heterocycles. The summed E-state index contributed by atoms with van der Waals surface area (Å²) in [6, 6.07) is 0. The lowest BCUT2D eigenvalue weighted by Gasteiger charge is -1.66. The highest BCUT2D eigenvalue weighted by molar-refractivity contribution is 8.08. The molecular weight excluding hydrogens is 88.1 g/mol. The average Bonchev–Trinajstić information content (AvgIpc) is 1.38. The van der Waals surface area contributed by atoms with Crippen molar-refractivity contribution >= 4 is 17.2 Å². The van der Waals surface area contributed by atoms with Crippen molar-refractivity contribution < 1.29 is 9.35 Å². The van der Waals surface area contributed by atoms with Gasteiger partial charge in [0.1, 0.15) is 12.0 Å². The Hall–Kier alpha value is -0.0200. The molecule has 0 amide bonds. The van der Waals surface area contributed by atoms with Crippen molar-refractivity contribution in [2.24, 2.45) is 0 Å². The normalized spacial score (nSPS) is 7.60. The Morgan fingerprint density at radius 1 is 1.80 bits per heavy atom. The lowest BCUT2D eigenvalue weighted by Crippen LogP contribution is -1.71. The van der Waals surface area contributed by atoms with E-state index in [0.717, 1.165) is 0 Å². The minimum atomic E-state index is -0.384.